The number of benzene rings is 1. The minimum absolute atomic E-state index is 0.0521. The first-order valence-corrected chi connectivity index (χ1v) is 10.4. The SMILES string of the molecule is COc1cc2c(cc1/C(C(C)=N)=C(\C)O)ncc1nnc(C(c3ccccn3)C(C)C)n12. The van der Waals surface area contributed by atoms with E-state index in [1.165, 1.54) is 0 Å². The smallest absolute Gasteiger partial charge is 0.179 e. The molecule has 0 saturated carbocycles. The van der Waals surface area contributed by atoms with E-state index in [0.29, 0.717) is 28.0 Å². The van der Waals surface area contributed by atoms with Crippen LogP contribution in [0.25, 0.3) is 22.3 Å². The van der Waals surface area contributed by atoms with Crippen LogP contribution in [0.4, 0.5) is 0 Å². The molecule has 0 spiro atoms. The Bertz CT molecular complexity index is 1340. The molecular weight excluding hydrogens is 404 g/mol. The molecule has 8 heteroatoms. The van der Waals surface area contributed by atoms with Gasteiger partial charge in [-0.1, -0.05) is 19.9 Å². The third-order valence-corrected chi connectivity index (χ3v) is 5.53. The van der Waals surface area contributed by atoms with Crippen molar-refractivity contribution in [3.63, 3.8) is 0 Å². The van der Waals surface area contributed by atoms with E-state index in [4.69, 9.17) is 10.1 Å². The average molecular weight is 431 g/mol. The lowest BCUT2D eigenvalue weighted by Crippen LogP contribution is -2.14. The van der Waals surface area contributed by atoms with Gasteiger partial charge in [-0.15, -0.1) is 10.2 Å². The normalized spacial score (nSPS) is 13.4. The molecule has 0 amide bonds. The number of nitrogens with zero attached hydrogens (tertiary/aromatic N) is 5. The first-order valence-electron chi connectivity index (χ1n) is 10.4. The number of allylic oxidation sites excluding steroid dienone is 2. The van der Waals surface area contributed by atoms with Gasteiger partial charge in [-0.25, -0.2) is 0 Å². The fourth-order valence-corrected chi connectivity index (χ4v) is 4.17. The number of aliphatic hydroxyl groups is 1. The molecule has 0 fully saturated rings. The van der Waals surface area contributed by atoms with Crippen molar-refractivity contribution < 1.29 is 9.84 Å². The molecule has 4 aromatic rings. The molecule has 3 aromatic heterocycles. The van der Waals surface area contributed by atoms with E-state index in [1.54, 1.807) is 33.4 Å². The van der Waals surface area contributed by atoms with Gasteiger partial charge in [-0.05, 0) is 38.0 Å². The third kappa shape index (κ3) is 3.57. The van der Waals surface area contributed by atoms with Crippen molar-refractivity contribution in [2.45, 2.75) is 33.6 Å². The molecule has 3 heterocycles. The Labute approximate surface area is 186 Å². The van der Waals surface area contributed by atoms with Crippen LogP contribution in [0.1, 0.15) is 50.7 Å². The molecule has 0 radical (unpaired) electrons. The Kier molecular flexibility index (Phi) is 5.61. The fourth-order valence-electron chi connectivity index (χ4n) is 4.17. The lowest BCUT2D eigenvalue weighted by Gasteiger charge is -2.20. The number of aromatic nitrogens is 5. The van der Waals surface area contributed by atoms with Crippen molar-refractivity contribution in [1.82, 2.24) is 24.6 Å². The zero-order valence-corrected chi connectivity index (χ0v) is 18.8. The number of methoxy groups -OCH3 is 1. The van der Waals surface area contributed by atoms with Gasteiger partial charge in [0.15, 0.2) is 5.65 Å². The van der Waals surface area contributed by atoms with E-state index in [1.807, 2.05) is 34.7 Å². The standard InChI is InChI=1S/C24H26N6O2/c1-13(2)22(17-8-6-7-9-26-17)24-29-28-21-12-27-18-10-16(23(14(3)25)15(4)31)20(32-5)11-19(18)30(21)24/h6-13,22,25,31H,1-5H3/b23-15+,25-14?. The lowest BCUT2D eigenvalue weighted by molar-refractivity contribution is 0.409. The summed E-state index contributed by atoms with van der Waals surface area (Å²) >= 11 is 0. The number of rotatable bonds is 6. The van der Waals surface area contributed by atoms with Crippen LogP contribution in [0.5, 0.6) is 5.75 Å². The number of hydrogen-bond donors (Lipinski definition) is 2. The van der Waals surface area contributed by atoms with Gasteiger partial charge in [0.25, 0.3) is 0 Å². The number of pyridine rings is 1. The van der Waals surface area contributed by atoms with Crippen molar-refractivity contribution in [2.75, 3.05) is 7.11 Å². The number of ether oxygens (including phenoxy) is 1. The van der Waals surface area contributed by atoms with Gasteiger partial charge >= 0.3 is 0 Å². The van der Waals surface area contributed by atoms with Gasteiger partial charge in [0.2, 0.25) is 0 Å². The van der Waals surface area contributed by atoms with Crippen molar-refractivity contribution in [3.05, 3.63) is 65.6 Å². The molecular formula is C24H26N6O2. The largest absolute Gasteiger partial charge is 0.512 e. The van der Waals surface area contributed by atoms with Crippen molar-refractivity contribution in [3.8, 4) is 5.75 Å². The number of aliphatic hydroxyl groups excluding tert-OH is 1. The minimum Gasteiger partial charge on any atom is -0.512 e. The highest BCUT2D eigenvalue weighted by atomic mass is 16.5. The second kappa shape index (κ2) is 8.37. The Morgan fingerprint density at radius 1 is 1.12 bits per heavy atom. The molecule has 164 valence electrons. The maximum atomic E-state index is 10.2. The van der Waals surface area contributed by atoms with Crippen LogP contribution in [-0.2, 0) is 0 Å². The molecule has 8 nitrogen and oxygen atoms in total. The summed E-state index contributed by atoms with van der Waals surface area (Å²) in [5.74, 6) is 1.51. The Morgan fingerprint density at radius 3 is 2.50 bits per heavy atom. The fraction of sp³-hybridized carbons (Fsp3) is 0.292. The molecule has 1 aromatic carbocycles. The van der Waals surface area contributed by atoms with E-state index in [-0.39, 0.29) is 23.3 Å². The van der Waals surface area contributed by atoms with Gasteiger partial charge in [0.1, 0.15) is 11.6 Å². The summed E-state index contributed by atoms with van der Waals surface area (Å²) in [4.78, 5) is 9.14. The molecule has 1 unspecified atom stereocenters. The summed E-state index contributed by atoms with van der Waals surface area (Å²) in [6.45, 7) is 7.46. The zero-order valence-electron chi connectivity index (χ0n) is 18.8. The van der Waals surface area contributed by atoms with Crippen LogP contribution in [0.15, 0.2) is 48.5 Å². The topological polar surface area (TPSA) is 109 Å². The molecule has 1 atom stereocenters. The van der Waals surface area contributed by atoms with Gasteiger partial charge < -0.3 is 15.3 Å². The zero-order chi connectivity index (χ0) is 23.0. The number of hydrogen-bond acceptors (Lipinski definition) is 7. The molecule has 32 heavy (non-hydrogen) atoms. The summed E-state index contributed by atoms with van der Waals surface area (Å²) in [5, 5.41) is 27.2. The molecule has 2 N–H and O–H groups in total. The maximum Gasteiger partial charge on any atom is 0.179 e. The van der Waals surface area contributed by atoms with E-state index >= 15 is 0 Å². The number of fused-ring (bicyclic) bond motifs is 3. The second-order valence-corrected chi connectivity index (χ2v) is 8.11. The van der Waals surface area contributed by atoms with E-state index < -0.39 is 0 Å². The summed E-state index contributed by atoms with van der Waals surface area (Å²) in [7, 11) is 1.57. The highest BCUT2D eigenvalue weighted by molar-refractivity contribution is 6.22. The van der Waals surface area contributed by atoms with Crippen molar-refractivity contribution in [2.24, 2.45) is 5.92 Å². The Hall–Kier alpha value is -3.81. The lowest BCUT2D eigenvalue weighted by atomic mass is 9.91. The predicted molar refractivity (Wildman–Crippen MR) is 124 cm³/mol. The van der Waals surface area contributed by atoms with Gasteiger partial charge in [0.05, 0.1) is 41.7 Å². The van der Waals surface area contributed by atoms with Gasteiger partial charge in [0, 0.05) is 29.1 Å². The quantitative estimate of drug-likeness (QED) is 0.336. The summed E-state index contributed by atoms with van der Waals surface area (Å²) in [5.41, 5.74) is 4.28. The average Bonchev–Trinajstić information content (AvgIpc) is 3.17. The minimum atomic E-state index is -0.0681. The Morgan fingerprint density at radius 2 is 1.91 bits per heavy atom. The summed E-state index contributed by atoms with van der Waals surface area (Å²) in [6.07, 6.45) is 3.46. The van der Waals surface area contributed by atoms with Crippen LogP contribution in [-0.4, -0.2) is 42.5 Å². The highest BCUT2D eigenvalue weighted by Crippen LogP contribution is 2.35. The van der Waals surface area contributed by atoms with Crippen molar-refractivity contribution >= 4 is 28.0 Å². The van der Waals surface area contributed by atoms with Crippen LogP contribution in [0.2, 0.25) is 0 Å². The molecule has 0 bridgehead atoms. The Balaban J connectivity index is 2.03. The molecule has 0 aliphatic rings. The monoisotopic (exact) mass is 430 g/mol. The molecule has 4 rings (SSSR count). The maximum absolute atomic E-state index is 10.2. The van der Waals surface area contributed by atoms with E-state index in [0.717, 1.165) is 17.0 Å². The van der Waals surface area contributed by atoms with Crippen LogP contribution < -0.4 is 4.74 Å². The van der Waals surface area contributed by atoms with Crippen LogP contribution in [0.3, 0.4) is 0 Å². The molecule has 0 aliphatic heterocycles. The molecule has 0 aliphatic carbocycles. The van der Waals surface area contributed by atoms with E-state index in [9.17, 15) is 5.11 Å². The highest BCUT2D eigenvalue weighted by Gasteiger charge is 2.26. The summed E-state index contributed by atoms with van der Waals surface area (Å²) in [6, 6.07) is 9.56. The first kappa shape index (κ1) is 21.4. The third-order valence-electron chi connectivity index (χ3n) is 5.53. The first-order chi connectivity index (χ1) is 15.3. The van der Waals surface area contributed by atoms with Gasteiger partial charge in [-0.2, -0.15) is 0 Å². The predicted octanol–water partition coefficient (Wildman–Crippen LogP) is 4.80. The van der Waals surface area contributed by atoms with E-state index in [2.05, 4.69) is 34.0 Å². The number of nitrogens with one attached hydrogen (secondary N) is 1. The van der Waals surface area contributed by atoms with Gasteiger partial charge in [-0.3, -0.25) is 14.4 Å². The van der Waals surface area contributed by atoms with Crippen LogP contribution >= 0.6 is 0 Å². The van der Waals surface area contributed by atoms with Crippen LogP contribution in [0, 0.1) is 11.3 Å². The van der Waals surface area contributed by atoms with Crippen molar-refractivity contribution in [1.29, 1.82) is 5.41 Å². The summed E-state index contributed by atoms with van der Waals surface area (Å²) < 4.78 is 7.64. The molecule has 0 saturated heterocycles. The second-order valence-electron chi connectivity index (χ2n) is 8.11.